The van der Waals surface area contributed by atoms with Crippen LogP contribution in [0.4, 0.5) is 10.2 Å². The van der Waals surface area contributed by atoms with Gasteiger partial charge < -0.3 is 15.5 Å². The van der Waals surface area contributed by atoms with Crippen LogP contribution in [0.15, 0.2) is 6.33 Å². The quantitative estimate of drug-likeness (QED) is 0.874. The first kappa shape index (κ1) is 17.1. The molecule has 4 rings (SSSR count). The van der Waals surface area contributed by atoms with Crippen LogP contribution in [-0.4, -0.2) is 54.4 Å². The Morgan fingerprint density at radius 1 is 1.32 bits per heavy atom. The van der Waals surface area contributed by atoms with E-state index < -0.39 is 6.17 Å². The summed E-state index contributed by atoms with van der Waals surface area (Å²) < 4.78 is 13.2. The average molecular weight is 364 g/mol. The highest BCUT2D eigenvalue weighted by molar-refractivity contribution is 7.18. The number of nitrogens with one attached hydrogen (secondary N) is 2. The molecule has 0 saturated carbocycles. The third kappa shape index (κ3) is 3.50. The van der Waals surface area contributed by atoms with Crippen LogP contribution in [0.5, 0.6) is 0 Å². The highest BCUT2D eigenvalue weighted by atomic mass is 32.1. The highest BCUT2D eigenvalue weighted by Gasteiger charge is 2.26. The largest absolute Gasteiger partial charge is 0.356 e. The number of hydrogen-bond acceptors (Lipinski definition) is 6. The minimum Gasteiger partial charge on any atom is -0.356 e. The Morgan fingerprint density at radius 2 is 2.12 bits per heavy atom. The van der Waals surface area contributed by atoms with E-state index in [9.17, 15) is 4.39 Å². The molecular weight excluding hydrogens is 337 g/mol. The molecule has 7 heteroatoms. The SMILES string of the molecule is Cc1sc2ncnc(N3CCC(NC[C@@H]4C[C@H](F)CN4)CC3)c2c1C. The Kier molecular flexibility index (Phi) is 4.88. The second-order valence-electron chi connectivity index (χ2n) is 7.27. The molecule has 2 aliphatic heterocycles. The van der Waals surface area contributed by atoms with Gasteiger partial charge in [-0.15, -0.1) is 11.3 Å². The number of fused-ring (bicyclic) bond motifs is 1. The van der Waals surface area contributed by atoms with Gasteiger partial charge in [0.25, 0.3) is 0 Å². The maximum atomic E-state index is 13.2. The zero-order chi connectivity index (χ0) is 17.4. The summed E-state index contributed by atoms with van der Waals surface area (Å²) in [5.74, 6) is 1.09. The van der Waals surface area contributed by atoms with Gasteiger partial charge in [0.05, 0.1) is 5.39 Å². The summed E-state index contributed by atoms with van der Waals surface area (Å²) in [6.45, 7) is 7.70. The lowest BCUT2D eigenvalue weighted by molar-refractivity contribution is 0.347. The number of anilines is 1. The predicted octanol–water partition coefficient (Wildman–Crippen LogP) is 2.57. The molecule has 2 N–H and O–H groups in total. The zero-order valence-electron chi connectivity index (χ0n) is 14.9. The van der Waals surface area contributed by atoms with Gasteiger partial charge >= 0.3 is 0 Å². The summed E-state index contributed by atoms with van der Waals surface area (Å²) in [6, 6.07) is 0.797. The van der Waals surface area contributed by atoms with Crippen LogP contribution in [0, 0.1) is 13.8 Å². The maximum Gasteiger partial charge on any atom is 0.141 e. The summed E-state index contributed by atoms with van der Waals surface area (Å²) in [4.78, 5) is 13.8. The van der Waals surface area contributed by atoms with Crippen molar-refractivity contribution in [3.8, 4) is 0 Å². The fourth-order valence-electron chi connectivity index (χ4n) is 3.93. The molecule has 136 valence electrons. The number of aryl methyl sites for hydroxylation is 2. The van der Waals surface area contributed by atoms with E-state index in [2.05, 4.69) is 39.3 Å². The summed E-state index contributed by atoms with van der Waals surface area (Å²) in [6.07, 6.45) is 3.85. The van der Waals surface area contributed by atoms with Gasteiger partial charge in [-0.1, -0.05) is 0 Å². The van der Waals surface area contributed by atoms with E-state index in [0.717, 1.165) is 43.1 Å². The van der Waals surface area contributed by atoms with E-state index in [1.807, 2.05) is 0 Å². The summed E-state index contributed by atoms with van der Waals surface area (Å²) >= 11 is 1.75. The Labute approximate surface area is 152 Å². The molecule has 2 aromatic heterocycles. The minimum absolute atomic E-state index is 0.283. The second kappa shape index (κ2) is 7.13. The lowest BCUT2D eigenvalue weighted by atomic mass is 10.0. The molecule has 2 saturated heterocycles. The number of hydrogen-bond donors (Lipinski definition) is 2. The summed E-state index contributed by atoms with van der Waals surface area (Å²) in [5.41, 5.74) is 1.31. The fraction of sp³-hybridized carbons (Fsp3) is 0.667. The molecule has 5 nitrogen and oxygen atoms in total. The number of thiophene rings is 1. The Bertz CT molecular complexity index is 740. The van der Waals surface area contributed by atoms with Crippen molar-refractivity contribution in [3.05, 3.63) is 16.8 Å². The average Bonchev–Trinajstić information content (AvgIpc) is 3.17. The van der Waals surface area contributed by atoms with Crippen LogP contribution in [0.25, 0.3) is 10.2 Å². The molecule has 2 aliphatic rings. The molecule has 0 radical (unpaired) electrons. The van der Waals surface area contributed by atoms with Gasteiger partial charge in [0.2, 0.25) is 0 Å². The van der Waals surface area contributed by atoms with Crippen LogP contribution in [0.2, 0.25) is 0 Å². The van der Waals surface area contributed by atoms with Crippen LogP contribution in [0.1, 0.15) is 29.7 Å². The van der Waals surface area contributed by atoms with Crippen molar-refractivity contribution >= 4 is 27.4 Å². The van der Waals surface area contributed by atoms with Crippen LogP contribution in [0.3, 0.4) is 0 Å². The van der Waals surface area contributed by atoms with Crippen LogP contribution >= 0.6 is 11.3 Å². The van der Waals surface area contributed by atoms with E-state index in [-0.39, 0.29) is 6.04 Å². The zero-order valence-corrected chi connectivity index (χ0v) is 15.7. The fourth-order valence-corrected chi connectivity index (χ4v) is 4.92. The van der Waals surface area contributed by atoms with Crippen LogP contribution in [-0.2, 0) is 0 Å². The third-order valence-corrected chi connectivity index (χ3v) is 6.68. The molecule has 0 aromatic carbocycles. The molecule has 0 bridgehead atoms. The molecule has 25 heavy (non-hydrogen) atoms. The minimum atomic E-state index is -0.675. The van der Waals surface area contributed by atoms with E-state index >= 15 is 0 Å². The Morgan fingerprint density at radius 3 is 2.84 bits per heavy atom. The monoisotopic (exact) mass is 363 g/mol. The van der Waals surface area contributed by atoms with Gasteiger partial charge in [0.15, 0.2) is 0 Å². The van der Waals surface area contributed by atoms with Gasteiger partial charge in [-0.3, -0.25) is 0 Å². The number of alkyl halides is 1. The van der Waals surface area contributed by atoms with Gasteiger partial charge in [-0.25, -0.2) is 14.4 Å². The second-order valence-corrected chi connectivity index (χ2v) is 8.47. The first-order valence-corrected chi connectivity index (χ1v) is 10.00. The van der Waals surface area contributed by atoms with Gasteiger partial charge in [-0.05, 0) is 38.7 Å². The van der Waals surface area contributed by atoms with Gasteiger partial charge in [-0.2, -0.15) is 0 Å². The molecule has 0 amide bonds. The normalized spacial score (nSPS) is 25.2. The lowest BCUT2D eigenvalue weighted by Gasteiger charge is -2.34. The molecule has 2 aromatic rings. The predicted molar refractivity (Wildman–Crippen MR) is 101 cm³/mol. The summed E-state index contributed by atoms with van der Waals surface area (Å²) in [5, 5.41) is 8.09. The number of piperidine rings is 1. The first-order valence-electron chi connectivity index (χ1n) is 9.18. The first-order chi connectivity index (χ1) is 12.1. The van der Waals surface area contributed by atoms with Crippen molar-refractivity contribution in [2.75, 3.05) is 31.1 Å². The van der Waals surface area contributed by atoms with Crippen molar-refractivity contribution in [1.82, 2.24) is 20.6 Å². The van der Waals surface area contributed by atoms with E-state index in [1.165, 1.54) is 15.8 Å². The van der Waals surface area contributed by atoms with Crippen molar-refractivity contribution in [1.29, 1.82) is 0 Å². The molecular formula is C18H26FN5S. The van der Waals surface area contributed by atoms with Crippen molar-refractivity contribution in [3.63, 3.8) is 0 Å². The van der Waals surface area contributed by atoms with E-state index in [1.54, 1.807) is 17.7 Å². The standard InChI is InChI=1S/C18H26FN5S/c1-11-12(2)25-18-16(11)17(22-10-23-18)24-5-3-14(4-6-24)21-9-15-7-13(19)8-20-15/h10,13-15,20-21H,3-9H2,1-2H3/t13-,15-/m0/s1. The Hall–Kier alpha value is -1.31. The number of rotatable bonds is 4. The van der Waals surface area contributed by atoms with Crippen molar-refractivity contribution < 1.29 is 4.39 Å². The number of nitrogens with zero attached hydrogens (tertiary/aromatic N) is 3. The lowest BCUT2D eigenvalue weighted by Crippen LogP contribution is -2.46. The third-order valence-electron chi connectivity index (χ3n) is 5.56. The van der Waals surface area contributed by atoms with E-state index in [4.69, 9.17) is 0 Å². The molecule has 2 fully saturated rings. The molecule has 0 spiro atoms. The van der Waals surface area contributed by atoms with Crippen LogP contribution < -0.4 is 15.5 Å². The summed E-state index contributed by atoms with van der Waals surface area (Å²) in [7, 11) is 0. The van der Waals surface area contributed by atoms with Gasteiger partial charge in [0.1, 0.15) is 23.1 Å². The number of halogens is 1. The highest BCUT2D eigenvalue weighted by Crippen LogP contribution is 2.35. The molecule has 4 heterocycles. The molecule has 0 unspecified atom stereocenters. The topological polar surface area (TPSA) is 53.1 Å². The maximum absolute atomic E-state index is 13.2. The molecule has 0 aliphatic carbocycles. The molecule has 2 atom stereocenters. The van der Waals surface area contributed by atoms with Crippen molar-refractivity contribution in [2.45, 2.75) is 51.4 Å². The van der Waals surface area contributed by atoms with E-state index in [0.29, 0.717) is 19.0 Å². The number of aromatic nitrogens is 2. The van der Waals surface area contributed by atoms with Gasteiger partial charge in [0, 0.05) is 43.1 Å². The van der Waals surface area contributed by atoms with Crippen molar-refractivity contribution in [2.24, 2.45) is 0 Å². The smallest absolute Gasteiger partial charge is 0.141 e. The Balaban J connectivity index is 1.37.